The second-order valence-corrected chi connectivity index (χ2v) is 8.43. The Morgan fingerprint density at radius 3 is 2.20 bits per heavy atom. The minimum Gasteiger partial charge on any atom is -0.465 e. The van der Waals surface area contributed by atoms with Crippen LogP contribution in [0, 0.1) is 17.3 Å². The van der Waals surface area contributed by atoms with Gasteiger partial charge in [-0.25, -0.2) is 0 Å². The van der Waals surface area contributed by atoms with Crippen LogP contribution < -0.4 is 0 Å². The molecule has 0 heterocycles. The van der Waals surface area contributed by atoms with E-state index in [9.17, 15) is 9.59 Å². The van der Waals surface area contributed by atoms with E-state index in [1.165, 1.54) is 11.1 Å². The van der Waals surface area contributed by atoms with Crippen molar-refractivity contribution in [1.82, 2.24) is 0 Å². The van der Waals surface area contributed by atoms with Gasteiger partial charge in [-0.3, -0.25) is 9.59 Å². The quantitative estimate of drug-likeness (QED) is 0.520. The Morgan fingerprint density at radius 1 is 1.00 bits per heavy atom. The maximum atomic E-state index is 12.2. The van der Waals surface area contributed by atoms with Crippen LogP contribution in [0.1, 0.15) is 66.2 Å². The topological polar surface area (TPSA) is 52.6 Å². The van der Waals surface area contributed by atoms with Gasteiger partial charge in [-0.05, 0) is 52.4 Å². The maximum absolute atomic E-state index is 12.2. The highest BCUT2D eigenvalue weighted by Gasteiger charge is 2.29. The third-order valence-corrected chi connectivity index (χ3v) is 5.09. The van der Waals surface area contributed by atoms with Crippen LogP contribution >= 0.6 is 0 Å². The normalized spacial score (nSPS) is 24.2. The minimum atomic E-state index is -0.370. The molecule has 0 radical (unpaired) electrons. The fraction of sp³-hybridized carbons (Fsp3) is 0.714. The van der Waals surface area contributed by atoms with Gasteiger partial charge in [-0.2, -0.15) is 0 Å². The monoisotopic (exact) mass is 348 g/mol. The second kappa shape index (κ2) is 8.68. The molecule has 0 spiro atoms. The van der Waals surface area contributed by atoms with E-state index in [0.29, 0.717) is 0 Å². The Bertz CT molecular complexity index is 556. The lowest BCUT2D eigenvalue weighted by molar-refractivity contribution is -0.158. The van der Waals surface area contributed by atoms with Crippen molar-refractivity contribution in [1.29, 1.82) is 0 Å². The number of esters is 2. The molecule has 4 heteroatoms. The molecule has 2 unspecified atom stereocenters. The fourth-order valence-electron chi connectivity index (χ4n) is 3.30. The molecule has 0 aromatic carbocycles. The molecular weight excluding hydrogens is 316 g/mol. The largest absolute Gasteiger partial charge is 0.465 e. The Labute approximate surface area is 151 Å². The molecule has 0 N–H and O–H groups in total. The SMILES string of the molecule is CC1=CCC(C(=O)OCC(C)(C)COC(=O)C2CCC=C(C)C2)CC1. The van der Waals surface area contributed by atoms with Crippen LogP contribution in [0.5, 0.6) is 0 Å². The summed E-state index contributed by atoms with van der Waals surface area (Å²) in [5.74, 6) is -0.310. The Balaban J connectivity index is 1.73. The van der Waals surface area contributed by atoms with Gasteiger partial charge in [0, 0.05) is 5.41 Å². The third kappa shape index (κ3) is 6.33. The zero-order valence-electron chi connectivity index (χ0n) is 16.1. The molecule has 140 valence electrons. The van der Waals surface area contributed by atoms with E-state index in [1.54, 1.807) is 0 Å². The molecule has 4 nitrogen and oxygen atoms in total. The van der Waals surface area contributed by atoms with E-state index in [2.05, 4.69) is 26.0 Å². The summed E-state index contributed by atoms with van der Waals surface area (Å²) in [4.78, 5) is 24.5. The highest BCUT2D eigenvalue weighted by Crippen LogP contribution is 2.27. The average Bonchev–Trinajstić information content (AvgIpc) is 2.58. The smallest absolute Gasteiger partial charge is 0.309 e. The molecule has 25 heavy (non-hydrogen) atoms. The first-order valence-electron chi connectivity index (χ1n) is 9.41. The van der Waals surface area contributed by atoms with Gasteiger partial charge in [0.2, 0.25) is 0 Å². The van der Waals surface area contributed by atoms with Gasteiger partial charge >= 0.3 is 11.9 Å². The molecule has 0 fully saturated rings. The summed E-state index contributed by atoms with van der Waals surface area (Å²) in [6, 6.07) is 0. The van der Waals surface area contributed by atoms with E-state index in [4.69, 9.17) is 9.47 Å². The summed E-state index contributed by atoms with van der Waals surface area (Å²) in [6.45, 7) is 8.65. The van der Waals surface area contributed by atoms with Gasteiger partial charge in [0.15, 0.2) is 0 Å². The van der Waals surface area contributed by atoms with Crippen LogP contribution in [-0.2, 0) is 19.1 Å². The van der Waals surface area contributed by atoms with Gasteiger partial charge in [0.25, 0.3) is 0 Å². The average molecular weight is 348 g/mol. The summed E-state index contributed by atoms with van der Waals surface area (Å²) in [7, 11) is 0. The number of ether oxygens (including phenoxy) is 2. The summed E-state index contributed by atoms with van der Waals surface area (Å²) in [5.41, 5.74) is 2.24. The summed E-state index contributed by atoms with van der Waals surface area (Å²) < 4.78 is 11.0. The first kappa shape index (κ1) is 19.7. The molecule has 2 aliphatic carbocycles. The van der Waals surface area contributed by atoms with Crippen LogP contribution in [0.2, 0.25) is 0 Å². The molecule has 2 aliphatic rings. The summed E-state index contributed by atoms with van der Waals surface area (Å²) in [5, 5.41) is 0. The Hall–Kier alpha value is -1.58. The van der Waals surface area contributed by atoms with Crippen LogP contribution in [-0.4, -0.2) is 25.2 Å². The molecule has 2 atom stereocenters. The third-order valence-electron chi connectivity index (χ3n) is 5.09. The van der Waals surface area contributed by atoms with Crippen molar-refractivity contribution in [3.05, 3.63) is 23.3 Å². The lowest BCUT2D eigenvalue weighted by Crippen LogP contribution is -2.32. The standard InChI is InChI=1S/C21H32O4/c1-15-8-10-17(11-9-15)19(22)24-13-21(3,4)14-25-20(23)18-7-5-6-16(2)12-18/h6,8,17-18H,5,7,9-14H2,1-4H3. The van der Waals surface area contributed by atoms with E-state index < -0.39 is 0 Å². The second-order valence-electron chi connectivity index (χ2n) is 8.43. The van der Waals surface area contributed by atoms with Gasteiger partial charge in [-0.15, -0.1) is 0 Å². The predicted octanol–water partition coefficient (Wildman–Crippen LogP) is 4.59. The predicted molar refractivity (Wildman–Crippen MR) is 97.9 cm³/mol. The zero-order chi connectivity index (χ0) is 18.4. The number of carbonyl (C=O) groups excluding carboxylic acids is 2. The number of carbonyl (C=O) groups is 2. The highest BCUT2D eigenvalue weighted by molar-refractivity contribution is 5.73. The molecule has 0 bridgehead atoms. The van der Waals surface area contributed by atoms with Crippen LogP contribution in [0.25, 0.3) is 0 Å². The summed E-state index contributed by atoms with van der Waals surface area (Å²) >= 11 is 0. The van der Waals surface area contributed by atoms with E-state index in [1.807, 2.05) is 13.8 Å². The summed E-state index contributed by atoms with van der Waals surface area (Å²) in [6.07, 6.45) is 9.53. The van der Waals surface area contributed by atoms with Crippen molar-refractivity contribution in [3.8, 4) is 0 Å². The first-order valence-corrected chi connectivity index (χ1v) is 9.41. The number of hydrogen-bond donors (Lipinski definition) is 0. The lowest BCUT2D eigenvalue weighted by atomic mass is 9.89. The van der Waals surface area contributed by atoms with Crippen LogP contribution in [0.4, 0.5) is 0 Å². The van der Waals surface area contributed by atoms with Gasteiger partial charge in [0.1, 0.15) is 0 Å². The van der Waals surface area contributed by atoms with Crippen molar-refractivity contribution in [3.63, 3.8) is 0 Å². The molecule has 0 aliphatic heterocycles. The number of rotatable bonds is 6. The molecule has 0 aromatic rings. The van der Waals surface area contributed by atoms with Gasteiger partial charge in [0.05, 0.1) is 25.0 Å². The van der Waals surface area contributed by atoms with Crippen LogP contribution in [0.3, 0.4) is 0 Å². The molecule has 0 saturated heterocycles. The van der Waals surface area contributed by atoms with Crippen molar-refractivity contribution in [2.75, 3.05) is 13.2 Å². The molecule has 0 aromatic heterocycles. The molecule has 2 rings (SSSR count). The van der Waals surface area contributed by atoms with Crippen molar-refractivity contribution in [2.24, 2.45) is 17.3 Å². The zero-order valence-corrected chi connectivity index (χ0v) is 16.1. The maximum Gasteiger partial charge on any atom is 0.309 e. The van der Waals surface area contributed by atoms with Crippen molar-refractivity contribution in [2.45, 2.75) is 66.2 Å². The Morgan fingerprint density at radius 2 is 1.64 bits per heavy atom. The van der Waals surface area contributed by atoms with E-state index in [-0.39, 0.29) is 42.4 Å². The van der Waals surface area contributed by atoms with E-state index >= 15 is 0 Å². The van der Waals surface area contributed by atoms with E-state index in [0.717, 1.165) is 38.5 Å². The highest BCUT2D eigenvalue weighted by atomic mass is 16.5. The van der Waals surface area contributed by atoms with Crippen molar-refractivity contribution < 1.29 is 19.1 Å². The number of allylic oxidation sites excluding steroid dienone is 4. The fourth-order valence-corrected chi connectivity index (χ4v) is 3.30. The molecular formula is C21H32O4. The van der Waals surface area contributed by atoms with Gasteiger partial charge in [-0.1, -0.05) is 37.1 Å². The Kier molecular flexibility index (Phi) is 6.86. The molecule has 0 saturated carbocycles. The molecule has 0 amide bonds. The van der Waals surface area contributed by atoms with Crippen molar-refractivity contribution >= 4 is 11.9 Å². The van der Waals surface area contributed by atoms with Gasteiger partial charge < -0.3 is 9.47 Å². The first-order chi connectivity index (χ1) is 11.8. The van der Waals surface area contributed by atoms with Crippen LogP contribution in [0.15, 0.2) is 23.3 Å². The minimum absolute atomic E-state index is 0.0272. The number of hydrogen-bond acceptors (Lipinski definition) is 4. The lowest BCUT2D eigenvalue weighted by Gasteiger charge is -2.27.